The van der Waals surface area contributed by atoms with E-state index in [1.165, 1.54) is 0 Å². The average molecular weight is 532 g/mol. The van der Waals surface area contributed by atoms with Crippen LogP contribution in [0, 0.1) is 6.92 Å². The summed E-state index contributed by atoms with van der Waals surface area (Å²) < 4.78 is 43.2. The Morgan fingerprint density at radius 1 is 1.32 bits per heavy atom. The van der Waals surface area contributed by atoms with Crippen molar-refractivity contribution in [1.82, 2.24) is 15.6 Å². The highest BCUT2D eigenvalue weighted by Gasteiger charge is 2.33. The number of aliphatic imine (C=N–C) groups is 1. The number of nitrogens with zero attached hydrogens (tertiary/aromatic N) is 2. The number of guanidine groups is 1. The van der Waals surface area contributed by atoms with Gasteiger partial charge in [-0.2, -0.15) is 13.2 Å². The van der Waals surface area contributed by atoms with E-state index in [4.69, 9.17) is 4.42 Å². The smallest absolute Gasteiger partial charge is 0.434 e. The fraction of sp³-hybridized carbons (Fsp3) is 0.529. The Morgan fingerprint density at radius 3 is 2.57 bits per heavy atom. The van der Waals surface area contributed by atoms with Crippen LogP contribution in [0.15, 0.2) is 26.9 Å². The second kappa shape index (κ2) is 10.4. The highest BCUT2D eigenvalue weighted by Crippen LogP contribution is 2.30. The molecule has 3 N–H and O–H groups in total. The maximum Gasteiger partial charge on any atom is 0.434 e. The van der Waals surface area contributed by atoms with Gasteiger partial charge in [-0.3, -0.25) is 0 Å². The number of halogens is 4. The number of alkyl halides is 3. The molecular weight excluding hydrogens is 508 g/mol. The molecule has 1 atom stereocenters. The van der Waals surface area contributed by atoms with E-state index in [0.717, 1.165) is 16.7 Å². The van der Waals surface area contributed by atoms with Crippen molar-refractivity contribution in [2.24, 2.45) is 4.99 Å². The van der Waals surface area contributed by atoms with Crippen LogP contribution in [-0.4, -0.2) is 35.7 Å². The predicted octanol–water partition coefficient (Wildman–Crippen LogP) is 3.69. The lowest BCUT2D eigenvalue weighted by atomic mass is 10.0. The van der Waals surface area contributed by atoms with Gasteiger partial charge in [0.25, 0.3) is 0 Å². The van der Waals surface area contributed by atoms with Crippen LogP contribution in [0.5, 0.6) is 0 Å². The Labute approximate surface area is 182 Å². The number of aliphatic hydroxyl groups is 1. The van der Waals surface area contributed by atoms with E-state index >= 15 is 0 Å². The number of aryl methyl sites for hydroxylation is 1. The van der Waals surface area contributed by atoms with Gasteiger partial charge in [0.2, 0.25) is 0 Å². The molecule has 2 aromatic rings. The Balaban J connectivity index is 0.00000392. The van der Waals surface area contributed by atoms with Crippen LogP contribution in [-0.2, 0) is 18.2 Å². The van der Waals surface area contributed by atoms with Gasteiger partial charge in [-0.15, -0.1) is 35.3 Å². The van der Waals surface area contributed by atoms with E-state index in [9.17, 15) is 18.3 Å². The number of hydrogen-bond donors (Lipinski definition) is 3. The van der Waals surface area contributed by atoms with Crippen molar-refractivity contribution in [3.63, 3.8) is 0 Å². The number of aromatic nitrogens is 1. The third kappa shape index (κ3) is 7.24. The highest BCUT2D eigenvalue weighted by atomic mass is 127. The standard InChI is InChI=1S/C17H23F3N4O2S.HI/c1-4-21-15(23-10-16(3,25)13-6-5-11(2)26-13)22-8-7-14-24-12(9-27-14)17(18,19)20;/h5-6,9,25H,4,7-8,10H2,1-3H3,(H2,21,22,23);1H. The molecule has 0 aromatic carbocycles. The van der Waals surface area contributed by atoms with Gasteiger partial charge in [0.15, 0.2) is 11.7 Å². The molecule has 0 aliphatic carbocycles. The molecule has 0 amide bonds. The van der Waals surface area contributed by atoms with E-state index in [1.54, 1.807) is 26.0 Å². The van der Waals surface area contributed by atoms with Crippen LogP contribution < -0.4 is 10.6 Å². The van der Waals surface area contributed by atoms with Gasteiger partial charge in [0.1, 0.15) is 17.1 Å². The summed E-state index contributed by atoms with van der Waals surface area (Å²) in [6.45, 7) is 6.30. The first-order valence-corrected chi connectivity index (χ1v) is 9.33. The second-order valence-electron chi connectivity index (χ2n) is 6.18. The second-order valence-corrected chi connectivity index (χ2v) is 7.12. The van der Waals surface area contributed by atoms with Crippen molar-refractivity contribution in [2.75, 3.05) is 19.6 Å². The SMILES string of the molecule is CCNC(=NCC(C)(O)c1ccc(C)o1)NCCc1nc(C(F)(F)F)cs1.I. The van der Waals surface area contributed by atoms with E-state index < -0.39 is 17.5 Å². The van der Waals surface area contributed by atoms with Crippen LogP contribution in [0.3, 0.4) is 0 Å². The number of furan rings is 1. The lowest BCUT2D eigenvalue weighted by Gasteiger charge is -2.19. The molecule has 2 heterocycles. The van der Waals surface area contributed by atoms with Gasteiger partial charge in [0.05, 0.1) is 11.6 Å². The Morgan fingerprint density at radius 2 is 2.04 bits per heavy atom. The van der Waals surface area contributed by atoms with E-state index in [2.05, 4.69) is 20.6 Å². The number of hydrogen-bond acceptors (Lipinski definition) is 5. The summed E-state index contributed by atoms with van der Waals surface area (Å²) in [4.78, 5) is 7.93. The third-order valence-electron chi connectivity index (χ3n) is 3.63. The molecule has 1 unspecified atom stereocenters. The molecule has 0 saturated heterocycles. The minimum Gasteiger partial charge on any atom is -0.463 e. The predicted molar refractivity (Wildman–Crippen MR) is 113 cm³/mol. The lowest BCUT2D eigenvalue weighted by molar-refractivity contribution is -0.140. The van der Waals surface area contributed by atoms with Gasteiger partial charge in [-0.05, 0) is 32.9 Å². The average Bonchev–Trinajstić information content (AvgIpc) is 3.22. The molecule has 0 radical (unpaired) electrons. The van der Waals surface area contributed by atoms with Crippen LogP contribution >= 0.6 is 35.3 Å². The molecular formula is C17H24F3IN4O2S. The summed E-state index contributed by atoms with van der Waals surface area (Å²) in [5, 5.41) is 18.0. The van der Waals surface area contributed by atoms with Crippen LogP contribution in [0.25, 0.3) is 0 Å². The van der Waals surface area contributed by atoms with Crippen LogP contribution in [0.1, 0.15) is 36.1 Å². The van der Waals surface area contributed by atoms with Gasteiger partial charge in [-0.25, -0.2) is 9.98 Å². The van der Waals surface area contributed by atoms with Crippen molar-refractivity contribution in [3.05, 3.63) is 39.7 Å². The maximum absolute atomic E-state index is 12.6. The first-order chi connectivity index (χ1) is 12.6. The molecule has 0 saturated carbocycles. The fourth-order valence-corrected chi connectivity index (χ4v) is 3.03. The molecule has 2 aromatic heterocycles. The zero-order valence-corrected chi connectivity index (χ0v) is 18.9. The quantitative estimate of drug-likeness (QED) is 0.288. The van der Waals surface area contributed by atoms with Crippen molar-refractivity contribution in [3.8, 4) is 0 Å². The summed E-state index contributed by atoms with van der Waals surface area (Å²) in [7, 11) is 0. The van der Waals surface area contributed by atoms with E-state index in [-0.39, 0.29) is 30.5 Å². The van der Waals surface area contributed by atoms with Gasteiger partial charge < -0.3 is 20.2 Å². The minimum atomic E-state index is -4.42. The summed E-state index contributed by atoms with van der Waals surface area (Å²) in [6.07, 6.45) is -4.09. The molecule has 0 bridgehead atoms. The van der Waals surface area contributed by atoms with Crippen LogP contribution in [0.4, 0.5) is 13.2 Å². The Kier molecular flexibility index (Phi) is 9.21. The maximum atomic E-state index is 12.6. The van der Waals surface area contributed by atoms with Gasteiger partial charge >= 0.3 is 6.18 Å². The van der Waals surface area contributed by atoms with E-state index in [0.29, 0.717) is 42.0 Å². The zero-order valence-electron chi connectivity index (χ0n) is 15.8. The largest absolute Gasteiger partial charge is 0.463 e. The zero-order chi connectivity index (χ0) is 20.1. The molecule has 28 heavy (non-hydrogen) atoms. The topological polar surface area (TPSA) is 82.7 Å². The summed E-state index contributed by atoms with van der Waals surface area (Å²) in [5.74, 6) is 1.57. The summed E-state index contributed by atoms with van der Waals surface area (Å²) in [5.41, 5.74) is -2.14. The van der Waals surface area contributed by atoms with Crippen molar-refractivity contribution < 1.29 is 22.7 Å². The molecule has 158 valence electrons. The molecule has 6 nitrogen and oxygen atoms in total. The highest BCUT2D eigenvalue weighted by molar-refractivity contribution is 14.0. The molecule has 0 spiro atoms. The number of nitrogens with one attached hydrogen (secondary N) is 2. The first kappa shape index (κ1) is 24.7. The number of thiazole rings is 1. The Hall–Kier alpha value is -1.34. The van der Waals surface area contributed by atoms with Crippen molar-refractivity contribution in [1.29, 1.82) is 0 Å². The summed E-state index contributed by atoms with van der Waals surface area (Å²) in [6, 6.07) is 3.46. The molecule has 0 aliphatic heterocycles. The number of rotatable bonds is 7. The minimum absolute atomic E-state index is 0. The normalized spacial score (nSPS) is 14.3. The summed E-state index contributed by atoms with van der Waals surface area (Å²) >= 11 is 0.975. The van der Waals surface area contributed by atoms with E-state index in [1.807, 2.05) is 6.92 Å². The van der Waals surface area contributed by atoms with Gasteiger partial charge in [0, 0.05) is 24.9 Å². The third-order valence-corrected chi connectivity index (χ3v) is 4.54. The monoisotopic (exact) mass is 532 g/mol. The van der Waals surface area contributed by atoms with Crippen molar-refractivity contribution >= 4 is 41.3 Å². The van der Waals surface area contributed by atoms with Crippen molar-refractivity contribution in [2.45, 2.75) is 39.0 Å². The van der Waals surface area contributed by atoms with Gasteiger partial charge in [-0.1, -0.05) is 0 Å². The Bertz CT molecular complexity index is 775. The van der Waals surface area contributed by atoms with Crippen LogP contribution in [0.2, 0.25) is 0 Å². The molecule has 11 heteroatoms. The molecule has 0 fully saturated rings. The first-order valence-electron chi connectivity index (χ1n) is 8.45. The lowest BCUT2D eigenvalue weighted by Crippen LogP contribution is -2.39. The molecule has 0 aliphatic rings. The fourth-order valence-electron chi connectivity index (χ4n) is 2.22. The molecule has 2 rings (SSSR count).